The summed E-state index contributed by atoms with van der Waals surface area (Å²) in [6.45, 7) is 1.51. The van der Waals surface area contributed by atoms with Gasteiger partial charge in [0.1, 0.15) is 0 Å². The molecule has 0 bridgehead atoms. The number of urea groups is 1. The topological polar surface area (TPSA) is 44.8 Å². The van der Waals surface area contributed by atoms with Gasteiger partial charge in [0.05, 0.1) is 5.69 Å². The van der Waals surface area contributed by atoms with E-state index in [4.69, 9.17) is 4.74 Å². The highest BCUT2D eigenvalue weighted by atomic mass is 16.5. The van der Waals surface area contributed by atoms with Gasteiger partial charge in [0.2, 0.25) is 0 Å². The lowest BCUT2D eigenvalue weighted by Gasteiger charge is -2.34. The summed E-state index contributed by atoms with van der Waals surface area (Å²) in [7, 11) is 0. The minimum Gasteiger partial charge on any atom is -0.356 e. The van der Waals surface area contributed by atoms with E-state index in [1.165, 1.54) is 0 Å². The molecule has 2 unspecified atom stereocenters. The third-order valence-electron chi connectivity index (χ3n) is 4.61. The molecule has 0 radical (unpaired) electrons. The van der Waals surface area contributed by atoms with E-state index in [0.29, 0.717) is 12.5 Å². The number of fused-ring (bicyclic) bond motifs is 1. The molecule has 2 atom stereocenters. The molecule has 0 spiro atoms. The molecule has 24 heavy (non-hydrogen) atoms. The van der Waals surface area contributed by atoms with Gasteiger partial charge in [-0.15, -0.1) is 0 Å². The van der Waals surface area contributed by atoms with Crippen LogP contribution in [-0.2, 0) is 4.74 Å². The van der Waals surface area contributed by atoms with Crippen LogP contribution in [0.3, 0.4) is 0 Å². The number of hydrogen-bond donors (Lipinski definition) is 1. The normalized spacial score (nSPS) is 23.0. The quantitative estimate of drug-likeness (QED) is 0.916. The van der Waals surface area contributed by atoms with Gasteiger partial charge in [0.15, 0.2) is 6.23 Å². The van der Waals surface area contributed by atoms with Crippen LogP contribution in [0, 0.1) is 5.92 Å². The van der Waals surface area contributed by atoms with E-state index in [9.17, 15) is 4.79 Å². The fourth-order valence-electron chi connectivity index (χ4n) is 3.48. The fourth-order valence-corrected chi connectivity index (χ4v) is 3.48. The van der Waals surface area contributed by atoms with Crippen molar-refractivity contribution >= 4 is 17.4 Å². The molecular weight excluding hydrogens is 302 g/mol. The molecule has 5 heteroatoms. The van der Waals surface area contributed by atoms with E-state index in [0.717, 1.165) is 30.8 Å². The van der Waals surface area contributed by atoms with Gasteiger partial charge >= 0.3 is 6.03 Å². The predicted molar refractivity (Wildman–Crippen MR) is 93.6 cm³/mol. The molecule has 0 aliphatic carbocycles. The van der Waals surface area contributed by atoms with Crippen molar-refractivity contribution in [1.82, 2.24) is 5.01 Å². The van der Waals surface area contributed by atoms with Crippen molar-refractivity contribution in [2.75, 3.05) is 23.5 Å². The maximum absolute atomic E-state index is 12.9. The number of rotatable bonds is 2. The third kappa shape index (κ3) is 2.83. The Bertz CT molecular complexity index is 692. The van der Waals surface area contributed by atoms with Gasteiger partial charge in [-0.25, -0.2) is 9.80 Å². The molecule has 4 rings (SSSR count). The number of amides is 2. The van der Waals surface area contributed by atoms with Crippen LogP contribution in [0.5, 0.6) is 0 Å². The highest BCUT2D eigenvalue weighted by molar-refractivity contribution is 5.90. The largest absolute Gasteiger partial charge is 0.356 e. The lowest BCUT2D eigenvalue weighted by molar-refractivity contribution is -0.0680. The first-order chi connectivity index (χ1) is 11.8. The van der Waals surface area contributed by atoms with Gasteiger partial charge < -0.3 is 10.1 Å². The Hall–Kier alpha value is -2.53. The van der Waals surface area contributed by atoms with Crippen LogP contribution in [0.15, 0.2) is 60.7 Å². The number of anilines is 2. The molecule has 2 fully saturated rings. The predicted octanol–water partition coefficient (Wildman–Crippen LogP) is 3.71. The molecule has 0 saturated carbocycles. The van der Waals surface area contributed by atoms with E-state index in [2.05, 4.69) is 5.32 Å². The molecule has 2 amide bonds. The zero-order valence-corrected chi connectivity index (χ0v) is 13.5. The maximum Gasteiger partial charge on any atom is 0.343 e. The Kier molecular flexibility index (Phi) is 4.09. The van der Waals surface area contributed by atoms with Crippen molar-refractivity contribution in [3.05, 3.63) is 60.7 Å². The number of carbonyl (C=O) groups excluding carboxylic acids is 1. The molecule has 5 nitrogen and oxygen atoms in total. The molecule has 2 aromatic rings. The number of ether oxygens (including phenoxy) is 1. The lowest BCUT2D eigenvalue weighted by Crippen LogP contribution is -2.50. The molecule has 1 N–H and O–H groups in total. The van der Waals surface area contributed by atoms with Gasteiger partial charge in [-0.05, 0) is 37.1 Å². The summed E-state index contributed by atoms with van der Waals surface area (Å²) in [5.74, 6) is 0.348. The number of nitrogens with zero attached hydrogens (tertiary/aromatic N) is 2. The van der Waals surface area contributed by atoms with Crippen LogP contribution in [0.2, 0.25) is 0 Å². The lowest BCUT2D eigenvalue weighted by atomic mass is 10.0. The molecule has 2 saturated heterocycles. The Balaban J connectivity index is 1.61. The standard InChI is InChI=1S/C19H21N3O2/c23-19(20-16-9-3-1-4-10-16)22-18-15(8-7-13-24-18)14-21(22)17-11-5-2-6-12-17/h1-6,9-12,15,18H,7-8,13-14H2,(H,20,23). The van der Waals surface area contributed by atoms with Gasteiger partial charge in [0.25, 0.3) is 0 Å². The average Bonchev–Trinajstić information content (AvgIpc) is 3.03. The van der Waals surface area contributed by atoms with E-state index in [1.54, 1.807) is 5.01 Å². The van der Waals surface area contributed by atoms with Crippen molar-refractivity contribution < 1.29 is 9.53 Å². The summed E-state index contributed by atoms with van der Waals surface area (Å²) in [4.78, 5) is 12.9. The summed E-state index contributed by atoms with van der Waals surface area (Å²) < 4.78 is 5.95. The minimum atomic E-state index is -0.192. The average molecular weight is 323 g/mol. The van der Waals surface area contributed by atoms with Gasteiger partial charge in [-0.3, -0.25) is 5.01 Å². The third-order valence-corrected chi connectivity index (χ3v) is 4.61. The maximum atomic E-state index is 12.9. The number of hydrogen-bond acceptors (Lipinski definition) is 3. The zero-order valence-electron chi connectivity index (χ0n) is 13.5. The van der Waals surface area contributed by atoms with Crippen molar-refractivity contribution in [2.45, 2.75) is 19.1 Å². The number of nitrogens with one attached hydrogen (secondary N) is 1. The van der Waals surface area contributed by atoms with Crippen molar-refractivity contribution in [1.29, 1.82) is 0 Å². The van der Waals surface area contributed by atoms with Crippen LogP contribution in [0.1, 0.15) is 12.8 Å². The molecule has 2 aromatic carbocycles. The summed E-state index contributed by atoms with van der Waals surface area (Å²) in [5.41, 5.74) is 1.80. The molecule has 2 aliphatic heterocycles. The van der Waals surface area contributed by atoms with E-state index >= 15 is 0 Å². The Morgan fingerprint density at radius 2 is 1.75 bits per heavy atom. The summed E-state index contributed by atoms with van der Waals surface area (Å²) >= 11 is 0. The second kappa shape index (κ2) is 6.53. The highest BCUT2D eigenvalue weighted by Crippen LogP contribution is 2.35. The van der Waals surface area contributed by atoms with Crippen LogP contribution in [-0.4, -0.2) is 30.4 Å². The van der Waals surface area contributed by atoms with E-state index in [1.807, 2.05) is 65.7 Å². The summed E-state index contributed by atoms with van der Waals surface area (Å²) in [6.07, 6.45) is 1.95. The molecule has 2 aliphatic rings. The molecule has 124 valence electrons. The number of carbonyl (C=O) groups is 1. The summed E-state index contributed by atoms with van der Waals surface area (Å²) in [5, 5.41) is 6.76. The van der Waals surface area contributed by atoms with Crippen molar-refractivity contribution in [3.8, 4) is 0 Å². The van der Waals surface area contributed by atoms with Crippen molar-refractivity contribution in [2.24, 2.45) is 5.92 Å². The minimum absolute atomic E-state index is 0.153. The first kappa shape index (κ1) is 15.0. The Labute approximate surface area is 141 Å². The Morgan fingerprint density at radius 3 is 2.50 bits per heavy atom. The second-order valence-electron chi connectivity index (χ2n) is 6.22. The number of hydrazine groups is 1. The van der Waals surface area contributed by atoms with Gasteiger partial charge in [-0.1, -0.05) is 36.4 Å². The van der Waals surface area contributed by atoms with Crippen LogP contribution < -0.4 is 10.3 Å². The zero-order chi connectivity index (χ0) is 16.4. The fraction of sp³-hybridized carbons (Fsp3) is 0.316. The highest BCUT2D eigenvalue weighted by Gasteiger charge is 2.45. The first-order valence-corrected chi connectivity index (χ1v) is 8.42. The van der Waals surface area contributed by atoms with Crippen LogP contribution >= 0.6 is 0 Å². The number of benzene rings is 2. The van der Waals surface area contributed by atoms with Crippen molar-refractivity contribution in [3.63, 3.8) is 0 Å². The Morgan fingerprint density at radius 1 is 1.04 bits per heavy atom. The van der Waals surface area contributed by atoms with E-state index < -0.39 is 0 Å². The molecular formula is C19H21N3O2. The van der Waals surface area contributed by atoms with Gasteiger partial charge in [-0.2, -0.15) is 0 Å². The van der Waals surface area contributed by atoms with Crippen LogP contribution in [0.25, 0.3) is 0 Å². The van der Waals surface area contributed by atoms with E-state index in [-0.39, 0.29) is 12.3 Å². The van der Waals surface area contributed by atoms with Crippen LogP contribution in [0.4, 0.5) is 16.2 Å². The monoisotopic (exact) mass is 323 g/mol. The SMILES string of the molecule is O=C(Nc1ccccc1)N1C2OCCCC2CN1c1ccccc1. The molecule has 0 aromatic heterocycles. The summed E-state index contributed by atoms with van der Waals surface area (Å²) in [6, 6.07) is 19.4. The first-order valence-electron chi connectivity index (χ1n) is 8.42. The molecule has 2 heterocycles. The van der Waals surface area contributed by atoms with Gasteiger partial charge in [0, 0.05) is 24.8 Å². The smallest absolute Gasteiger partial charge is 0.343 e. The number of para-hydroxylation sites is 2. The second-order valence-corrected chi connectivity index (χ2v) is 6.22.